The Labute approximate surface area is 135 Å². The van der Waals surface area contributed by atoms with Crippen molar-refractivity contribution in [1.82, 2.24) is 10.6 Å². The van der Waals surface area contributed by atoms with E-state index in [4.69, 9.17) is 4.74 Å². The van der Waals surface area contributed by atoms with Crippen molar-refractivity contribution in [2.24, 2.45) is 0 Å². The summed E-state index contributed by atoms with van der Waals surface area (Å²) in [6.07, 6.45) is 0.387. The van der Waals surface area contributed by atoms with Crippen LogP contribution < -0.4 is 15.4 Å². The molecule has 2 rings (SSSR count). The fourth-order valence-electron chi connectivity index (χ4n) is 2.12. The first kappa shape index (κ1) is 17.0. The van der Waals surface area contributed by atoms with Crippen LogP contribution in [0.5, 0.6) is 11.5 Å². The van der Waals surface area contributed by atoms with Gasteiger partial charge in [0.25, 0.3) is 0 Å². The third kappa shape index (κ3) is 5.07. The normalized spacial score (nSPS) is 11.8. The van der Waals surface area contributed by atoms with E-state index in [1.807, 2.05) is 25.1 Å². The van der Waals surface area contributed by atoms with Crippen molar-refractivity contribution in [3.05, 3.63) is 59.9 Å². The van der Waals surface area contributed by atoms with Crippen molar-refractivity contribution in [2.45, 2.75) is 19.4 Å². The average molecular weight is 316 g/mol. The molecule has 0 heterocycles. The number of carbonyl (C=O) groups is 1. The Balaban J connectivity index is 2.02. The van der Waals surface area contributed by atoms with Crippen LogP contribution in [0.25, 0.3) is 0 Å². The quantitative estimate of drug-likeness (QED) is 0.823. The monoisotopic (exact) mass is 316 g/mol. The number of hydrogen-bond donors (Lipinski definition) is 2. The molecule has 0 fully saturated rings. The number of amides is 1. The predicted octanol–water partition coefficient (Wildman–Crippen LogP) is 3.40. The molecule has 0 aromatic heterocycles. The lowest BCUT2D eigenvalue weighted by Crippen LogP contribution is -2.29. The van der Waals surface area contributed by atoms with E-state index in [0.29, 0.717) is 24.3 Å². The zero-order valence-electron chi connectivity index (χ0n) is 13.3. The van der Waals surface area contributed by atoms with Gasteiger partial charge in [0.15, 0.2) is 11.6 Å². The van der Waals surface area contributed by atoms with E-state index in [9.17, 15) is 9.18 Å². The summed E-state index contributed by atoms with van der Waals surface area (Å²) < 4.78 is 19.7. The fraction of sp³-hybridized carbons (Fsp3) is 0.278. The molecule has 23 heavy (non-hydrogen) atoms. The van der Waals surface area contributed by atoms with Gasteiger partial charge < -0.3 is 15.4 Å². The minimum Gasteiger partial charge on any atom is -0.454 e. The number of ether oxygens (including phenoxy) is 1. The summed E-state index contributed by atoms with van der Waals surface area (Å²) >= 11 is 0. The van der Waals surface area contributed by atoms with Gasteiger partial charge in [-0.05, 0) is 43.8 Å². The van der Waals surface area contributed by atoms with Gasteiger partial charge in [0.1, 0.15) is 5.75 Å². The SMILES string of the molecule is CNCCC(=O)NC(C)c1ccc(Oc2ccccc2)c(F)c1. The Morgan fingerprint density at radius 2 is 1.96 bits per heavy atom. The maximum Gasteiger partial charge on any atom is 0.221 e. The van der Waals surface area contributed by atoms with Crippen LogP contribution in [0, 0.1) is 5.82 Å². The molecule has 0 bridgehead atoms. The van der Waals surface area contributed by atoms with Gasteiger partial charge in [0.2, 0.25) is 5.91 Å². The van der Waals surface area contributed by atoms with E-state index in [2.05, 4.69) is 10.6 Å². The van der Waals surface area contributed by atoms with Crippen molar-refractivity contribution in [3.8, 4) is 11.5 Å². The molecule has 0 aliphatic heterocycles. The standard InChI is InChI=1S/C18H21FN2O2/c1-13(21-18(22)10-11-20-2)14-8-9-17(16(19)12-14)23-15-6-4-3-5-7-15/h3-9,12-13,20H,10-11H2,1-2H3,(H,21,22). The van der Waals surface area contributed by atoms with Gasteiger partial charge in [-0.2, -0.15) is 0 Å². The molecule has 4 nitrogen and oxygen atoms in total. The molecule has 0 aliphatic carbocycles. The van der Waals surface area contributed by atoms with Crippen LogP contribution in [-0.2, 0) is 4.79 Å². The Morgan fingerprint density at radius 3 is 2.61 bits per heavy atom. The lowest BCUT2D eigenvalue weighted by molar-refractivity contribution is -0.121. The molecule has 0 radical (unpaired) electrons. The minimum absolute atomic E-state index is 0.0723. The summed E-state index contributed by atoms with van der Waals surface area (Å²) in [5.41, 5.74) is 0.695. The van der Waals surface area contributed by atoms with Crippen LogP contribution in [0.4, 0.5) is 4.39 Å². The van der Waals surface area contributed by atoms with Gasteiger partial charge in [-0.3, -0.25) is 4.79 Å². The molecule has 1 unspecified atom stereocenters. The van der Waals surface area contributed by atoms with Crippen molar-refractivity contribution in [3.63, 3.8) is 0 Å². The highest BCUT2D eigenvalue weighted by atomic mass is 19.1. The molecule has 0 saturated heterocycles. The Bertz CT molecular complexity index is 647. The molecule has 2 aromatic rings. The van der Waals surface area contributed by atoms with Gasteiger partial charge in [-0.1, -0.05) is 24.3 Å². The molecule has 5 heteroatoms. The van der Waals surface area contributed by atoms with Crippen LogP contribution in [0.3, 0.4) is 0 Å². The summed E-state index contributed by atoms with van der Waals surface area (Å²) in [6, 6.07) is 13.5. The van der Waals surface area contributed by atoms with Gasteiger partial charge in [-0.15, -0.1) is 0 Å². The van der Waals surface area contributed by atoms with Gasteiger partial charge in [0, 0.05) is 13.0 Å². The topological polar surface area (TPSA) is 50.4 Å². The first-order valence-electron chi connectivity index (χ1n) is 7.56. The van der Waals surface area contributed by atoms with E-state index >= 15 is 0 Å². The summed E-state index contributed by atoms with van der Waals surface area (Å²) in [6.45, 7) is 2.43. The van der Waals surface area contributed by atoms with Gasteiger partial charge in [0.05, 0.1) is 6.04 Å². The van der Waals surface area contributed by atoms with Crippen molar-refractivity contribution in [2.75, 3.05) is 13.6 Å². The first-order chi connectivity index (χ1) is 11.1. The Hall–Kier alpha value is -2.40. The summed E-state index contributed by atoms with van der Waals surface area (Å²) in [7, 11) is 1.79. The largest absolute Gasteiger partial charge is 0.454 e. The average Bonchev–Trinajstić information content (AvgIpc) is 2.55. The number of rotatable bonds is 7. The van der Waals surface area contributed by atoms with Crippen molar-refractivity contribution >= 4 is 5.91 Å². The molecule has 0 spiro atoms. The van der Waals surface area contributed by atoms with E-state index in [-0.39, 0.29) is 17.7 Å². The van der Waals surface area contributed by atoms with E-state index < -0.39 is 5.82 Å². The first-order valence-corrected chi connectivity index (χ1v) is 7.56. The maximum absolute atomic E-state index is 14.2. The van der Waals surface area contributed by atoms with Gasteiger partial charge in [-0.25, -0.2) is 4.39 Å². The number of benzene rings is 2. The number of halogens is 1. The van der Waals surface area contributed by atoms with E-state index in [1.165, 1.54) is 6.07 Å². The smallest absolute Gasteiger partial charge is 0.221 e. The zero-order valence-corrected chi connectivity index (χ0v) is 13.3. The molecule has 2 aromatic carbocycles. The molecule has 1 atom stereocenters. The van der Waals surface area contributed by atoms with Crippen molar-refractivity contribution < 1.29 is 13.9 Å². The Kier molecular flexibility index (Phi) is 6.11. The molecule has 0 saturated carbocycles. The second-order valence-corrected chi connectivity index (χ2v) is 5.25. The van der Waals surface area contributed by atoms with Crippen LogP contribution in [0.2, 0.25) is 0 Å². The lowest BCUT2D eigenvalue weighted by atomic mass is 10.1. The summed E-state index contributed by atoms with van der Waals surface area (Å²) in [4.78, 5) is 11.7. The highest BCUT2D eigenvalue weighted by Gasteiger charge is 2.12. The predicted molar refractivity (Wildman–Crippen MR) is 88.0 cm³/mol. The maximum atomic E-state index is 14.2. The number of hydrogen-bond acceptors (Lipinski definition) is 3. The minimum atomic E-state index is -0.456. The second kappa shape index (κ2) is 8.29. The van der Waals surface area contributed by atoms with Crippen molar-refractivity contribution in [1.29, 1.82) is 0 Å². The third-order valence-corrected chi connectivity index (χ3v) is 3.41. The van der Waals surface area contributed by atoms with Crippen LogP contribution >= 0.6 is 0 Å². The van der Waals surface area contributed by atoms with Gasteiger partial charge >= 0.3 is 0 Å². The second-order valence-electron chi connectivity index (χ2n) is 5.25. The highest BCUT2D eigenvalue weighted by Crippen LogP contribution is 2.26. The molecule has 2 N–H and O–H groups in total. The Morgan fingerprint density at radius 1 is 1.22 bits per heavy atom. The molecular formula is C18H21FN2O2. The zero-order chi connectivity index (χ0) is 16.7. The third-order valence-electron chi connectivity index (χ3n) is 3.41. The van der Waals surface area contributed by atoms with Crippen LogP contribution in [-0.4, -0.2) is 19.5 Å². The fourth-order valence-corrected chi connectivity index (χ4v) is 2.12. The lowest BCUT2D eigenvalue weighted by Gasteiger charge is -2.15. The van der Waals surface area contributed by atoms with E-state index in [0.717, 1.165) is 0 Å². The van der Waals surface area contributed by atoms with E-state index in [1.54, 1.807) is 31.3 Å². The number of para-hydroxylation sites is 1. The summed E-state index contributed by atoms with van der Waals surface area (Å²) in [5.74, 6) is 0.209. The van der Waals surface area contributed by atoms with Crippen LogP contribution in [0.1, 0.15) is 24.9 Å². The highest BCUT2D eigenvalue weighted by molar-refractivity contribution is 5.76. The molecular weight excluding hydrogens is 295 g/mol. The summed E-state index contributed by atoms with van der Waals surface area (Å²) in [5, 5.41) is 5.75. The molecule has 1 amide bonds. The molecule has 0 aliphatic rings. The molecule has 122 valence electrons. The number of nitrogens with one attached hydrogen (secondary N) is 2. The number of carbonyl (C=O) groups excluding carboxylic acids is 1. The van der Waals surface area contributed by atoms with Crippen LogP contribution in [0.15, 0.2) is 48.5 Å².